The number of anilines is 2. The summed E-state index contributed by atoms with van der Waals surface area (Å²) >= 11 is 0. The Kier molecular flexibility index (Phi) is 16.4. The number of hydrogen-bond acceptors (Lipinski definition) is 15. The number of nitrogens with two attached hydrogens (primary N) is 2. The number of fused-ring (bicyclic) bond motifs is 3. The molecule has 0 aliphatic heterocycles. The average Bonchev–Trinajstić information content (AvgIpc) is 3.34. The molecule has 1 unspecified atom stereocenters. The van der Waals surface area contributed by atoms with Crippen molar-refractivity contribution < 1.29 is 51.0 Å². The lowest BCUT2D eigenvalue weighted by atomic mass is 10.0. The van der Waals surface area contributed by atoms with Crippen LogP contribution in [0.2, 0.25) is 0 Å². The third-order valence-electron chi connectivity index (χ3n) is 11.3. The number of esters is 1. The van der Waals surface area contributed by atoms with Gasteiger partial charge in [0.2, 0.25) is 28.8 Å². The summed E-state index contributed by atoms with van der Waals surface area (Å²) in [4.78, 5) is 92.1. The van der Waals surface area contributed by atoms with Gasteiger partial charge in [0.05, 0.1) is 53.7 Å². The normalized spacial score (nSPS) is 11.8. The SMILES string of the molecule is Cc1cc(C(=O)NCCOCCNC(=O)C(CCC(N)=O)NC(=O)c2ccc(NCc3cnc4nc(N)[nH]c(=O)c4n3)cc2)cc(C)c1OC(=O)c1c2ccccc2[n+](CCCS(=O)(=O)O)c2ccccc12. The Hall–Kier alpha value is -8.41. The van der Waals surface area contributed by atoms with Gasteiger partial charge in [0.25, 0.3) is 27.5 Å². The first-order valence-electron chi connectivity index (χ1n) is 22.7. The molecule has 22 nitrogen and oxygen atoms in total. The molecule has 0 aliphatic carbocycles. The van der Waals surface area contributed by atoms with E-state index in [2.05, 4.69) is 41.2 Å². The van der Waals surface area contributed by atoms with Crippen LogP contribution in [0.3, 0.4) is 0 Å². The van der Waals surface area contributed by atoms with Gasteiger partial charge in [-0.1, -0.05) is 24.3 Å². The number of nitrogen functional groups attached to an aromatic ring is 1. The first-order valence-corrected chi connectivity index (χ1v) is 24.3. The number of pyridine rings is 1. The molecule has 0 spiro atoms. The van der Waals surface area contributed by atoms with Gasteiger partial charge in [0, 0.05) is 54.9 Å². The van der Waals surface area contributed by atoms with Gasteiger partial charge in [-0.25, -0.2) is 14.8 Å². The molecule has 0 saturated carbocycles. The number of H-pyrrole nitrogens is 1. The fourth-order valence-electron chi connectivity index (χ4n) is 7.96. The first-order chi connectivity index (χ1) is 34.4. The third-order valence-corrected chi connectivity index (χ3v) is 12.1. The minimum atomic E-state index is -4.17. The second-order valence-corrected chi connectivity index (χ2v) is 18.2. The van der Waals surface area contributed by atoms with E-state index in [4.69, 9.17) is 20.9 Å². The van der Waals surface area contributed by atoms with E-state index in [1.165, 1.54) is 6.20 Å². The Balaban J connectivity index is 0.873. The number of rotatable bonds is 22. The predicted octanol–water partition coefficient (Wildman–Crippen LogP) is 2.54. The Morgan fingerprint density at radius 3 is 2.12 bits per heavy atom. The zero-order valence-electron chi connectivity index (χ0n) is 39.2. The van der Waals surface area contributed by atoms with Crippen LogP contribution >= 0.6 is 0 Å². The molecular weight excluding hydrogens is 951 g/mol. The lowest BCUT2D eigenvalue weighted by Crippen LogP contribution is -2.47. The Morgan fingerprint density at radius 1 is 0.847 bits per heavy atom. The Labute approximate surface area is 411 Å². The van der Waals surface area contributed by atoms with E-state index in [1.54, 1.807) is 74.5 Å². The van der Waals surface area contributed by atoms with Crippen LogP contribution < -0.4 is 47.6 Å². The highest BCUT2D eigenvalue weighted by Crippen LogP contribution is 2.30. The summed E-state index contributed by atoms with van der Waals surface area (Å²) in [5, 5.41) is 12.4. The van der Waals surface area contributed by atoms with Crippen molar-refractivity contribution in [3.05, 3.63) is 135 Å². The zero-order valence-corrected chi connectivity index (χ0v) is 40.0. The van der Waals surface area contributed by atoms with Crippen molar-refractivity contribution >= 4 is 84.3 Å². The van der Waals surface area contributed by atoms with E-state index in [9.17, 15) is 41.7 Å². The third kappa shape index (κ3) is 13.1. The minimum absolute atomic E-state index is 0.0400. The molecule has 4 aromatic carbocycles. The van der Waals surface area contributed by atoms with Crippen LogP contribution in [0.1, 0.15) is 67.2 Å². The van der Waals surface area contributed by atoms with Crippen molar-refractivity contribution in [1.29, 1.82) is 0 Å². The van der Waals surface area contributed by atoms with E-state index in [-0.39, 0.29) is 87.1 Å². The van der Waals surface area contributed by atoms with E-state index in [0.29, 0.717) is 55.4 Å². The van der Waals surface area contributed by atoms with Crippen LogP contribution in [-0.4, -0.2) is 101 Å². The number of benzene rings is 4. The molecule has 374 valence electrons. The maximum absolute atomic E-state index is 14.1. The van der Waals surface area contributed by atoms with Crippen LogP contribution in [0.25, 0.3) is 33.0 Å². The van der Waals surface area contributed by atoms with E-state index in [1.807, 2.05) is 28.8 Å². The van der Waals surface area contributed by atoms with E-state index >= 15 is 0 Å². The fraction of sp³-hybridized carbons (Fsp3) is 0.265. The number of aromatic nitrogens is 5. The number of carbonyl (C=O) groups is 5. The molecule has 0 aliphatic rings. The number of hydrogen-bond donors (Lipinski definition) is 8. The van der Waals surface area contributed by atoms with Crippen LogP contribution in [-0.2, 0) is 37.5 Å². The molecule has 0 fully saturated rings. The molecule has 7 aromatic rings. The summed E-state index contributed by atoms with van der Waals surface area (Å²) in [7, 11) is -4.17. The van der Waals surface area contributed by atoms with Gasteiger partial charge in [-0.05, 0) is 79.9 Å². The molecule has 0 bridgehead atoms. The minimum Gasteiger partial charge on any atom is -0.422 e. The lowest BCUT2D eigenvalue weighted by Gasteiger charge is -2.18. The Morgan fingerprint density at radius 2 is 1.49 bits per heavy atom. The highest BCUT2D eigenvalue weighted by atomic mass is 32.2. The number of amides is 4. The van der Waals surface area contributed by atoms with Crippen molar-refractivity contribution in [2.75, 3.05) is 43.1 Å². The van der Waals surface area contributed by atoms with Crippen molar-refractivity contribution in [3.8, 4) is 5.75 Å². The lowest BCUT2D eigenvalue weighted by molar-refractivity contribution is -0.645. The summed E-state index contributed by atoms with van der Waals surface area (Å²) in [5.74, 6) is -2.98. The topological polar surface area (TPSA) is 334 Å². The van der Waals surface area contributed by atoms with Gasteiger partial charge >= 0.3 is 5.97 Å². The smallest absolute Gasteiger partial charge is 0.345 e. The molecule has 4 amide bonds. The number of nitrogens with one attached hydrogen (secondary N) is 5. The largest absolute Gasteiger partial charge is 0.422 e. The van der Waals surface area contributed by atoms with Gasteiger partial charge < -0.3 is 42.2 Å². The summed E-state index contributed by atoms with van der Waals surface area (Å²) in [6, 6.07) is 22.9. The van der Waals surface area contributed by atoms with Gasteiger partial charge in [0.1, 0.15) is 11.8 Å². The number of primary amides is 1. The predicted molar refractivity (Wildman–Crippen MR) is 266 cm³/mol. The number of para-hydroxylation sites is 2. The van der Waals surface area contributed by atoms with E-state index in [0.717, 1.165) is 0 Å². The van der Waals surface area contributed by atoms with Crippen LogP contribution in [0, 0.1) is 13.8 Å². The number of ether oxygens (including phenoxy) is 2. The van der Waals surface area contributed by atoms with Crippen LogP contribution in [0.15, 0.2) is 95.9 Å². The average molecular weight is 1000 g/mol. The quantitative estimate of drug-likeness (QED) is 0.0121. The maximum Gasteiger partial charge on any atom is 0.345 e. The summed E-state index contributed by atoms with van der Waals surface area (Å²) < 4.78 is 45.8. The van der Waals surface area contributed by atoms with E-state index < -0.39 is 57.1 Å². The van der Waals surface area contributed by atoms with Gasteiger partial charge in [-0.3, -0.25) is 33.5 Å². The van der Waals surface area contributed by atoms with Crippen molar-refractivity contribution in [3.63, 3.8) is 0 Å². The van der Waals surface area contributed by atoms with Gasteiger partial charge in [0.15, 0.2) is 17.7 Å². The molecule has 3 aromatic heterocycles. The summed E-state index contributed by atoms with van der Waals surface area (Å²) in [6.07, 6.45) is 1.40. The summed E-state index contributed by atoms with van der Waals surface area (Å²) in [5.41, 5.74) is 14.9. The molecule has 0 radical (unpaired) electrons. The zero-order chi connectivity index (χ0) is 51.5. The van der Waals surface area contributed by atoms with Gasteiger partial charge in [-0.15, -0.1) is 0 Å². The highest BCUT2D eigenvalue weighted by Gasteiger charge is 2.27. The molecule has 7 rings (SSSR count). The number of aryl methyl sites for hydroxylation is 3. The first kappa shape index (κ1) is 51.4. The second kappa shape index (κ2) is 23.0. The number of carbonyl (C=O) groups excluding carboxylic acids is 5. The molecular formula is C49H52N11O11S+. The van der Waals surface area contributed by atoms with Crippen molar-refractivity contribution in [2.24, 2.45) is 5.73 Å². The number of nitrogens with zero attached hydrogens (tertiary/aromatic N) is 4. The molecule has 23 heteroatoms. The highest BCUT2D eigenvalue weighted by molar-refractivity contribution is 7.85. The van der Waals surface area contributed by atoms with Crippen LogP contribution in [0.5, 0.6) is 5.75 Å². The Bertz CT molecular complexity index is 3310. The van der Waals surface area contributed by atoms with Crippen LogP contribution in [0.4, 0.5) is 11.6 Å². The maximum atomic E-state index is 14.1. The number of aromatic amines is 1. The second-order valence-electron chi connectivity index (χ2n) is 16.6. The monoisotopic (exact) mass is 1000 g/mol. The van der Waals surface area contributed by atoms with Crippen molar-refractivity contribution in [2.45, 2.75) is 52.2 Å². The molecule has 0 saturated heterocycles. The molecule has 10 N–H and O–H groups in total. The van der Waals surface area contributed by atoms with Crippen molar-refractivity contribution in [1.82, 2.24) is 35.9 Å². The molecule has 3 heterocycles. The molecule has 1 atom stereocenters. The van der Waals surface area contributed by atoms with Gasteiger partial charge in [-0.2, -0.15) is 18.0 Å². The summed E-state index contributed by atoms with van der Waals surface area (Å²) in [6.45, 7) is 4.27. The molecule has 72 heavy (non-hydrogen) atoms. The fourth-order valence-corrected chi connectivity index (χ4v) is 8.46. The standard InChI is InChI=1S/C49H51N11O11S/c1-28-24-31(25-29(2)42(28)71-48(66)40-34-8-3-5-10-37(34)60(20-7-23-72(67,68)69)38-11-6-4-9-35(38)40)44(62)52-18-21-70-22-19-53-46(64)36(16-17-39(50)61)57-45(63)30-12-14-32(15-13-30)54-26-33-27-55-43-41(56-33)47(65)59-49(51)58-43/h3-6,8-15,24-25,27,36H,7,16-23,26H2,1-2H3,(H9-,50,51,52,53,54,55,57,58,59,61,62,63,64,65,67,68,69)/p+1.